The fraction of sp³-hybridized carbons (Fsp3) is 0.389. The molecule has 8 heterocycles. The number of amidine groups is 3. The minimum absolute atomic E-state index is 0.500. The summed E-state index contributed by atoms with van der Waals surface area (Å²) in [5.74, 6) is 3.80. The zero-order chi connectivity index (χ0) is 44.2. The minimum atomic E-state index is -0.860. The Morgan fingerprint density at radius 2 is 0.787 bits per heavy atom. The summed E-state index contributed by atoms with van der Waals surface area (Å²) in [5.41, 5.74) is 8.66. The first-order valence-corrected chi connectivity index (χ1v) is 21.9. The lowest BCUT2D eigenvalue weighted by Gasteiger charge is -2.40. The smallest absolute Gasteiger partial charge is 0.217 e. The Kier molecular flexibility index (Phi) is 9.77. The summed E-state index contributed by atoms with van der Waals surface area (Å²) in [7, 11) is 0. The molecular weight excluding hydrogens is 747 g/mol. The topological polar surface area (TPSA) is 53.0 Å². The van der Waals surface area contributed by atoms with Crippen LogP contribution in [-0.2, 0) is 5.91 Å². The zero-order valence-corrected chi connectivity index (χ0v) is 39.4. The lowest BCUT2D eigenvalue weighted by atomic mass is 10.0. The van der Waals surface area contributed by atoms with Crippen molar-refractivity contribution >= 4 is 62.5 Å². The first-order valence-electron chi connectivity index (χ1n) is 21.9. The normalized spacial score (nSPS) is 17.9. The average molecular weight is 812 g/mol. The third kappa shape index (κ3) is 7.34. The highest BCUT2D eigenvalue weighted by molar-refractivity contribution is 6.29. The van der Waals surface area contributed by atoms with Gasteiger partial charge in [-0.25, -0.2) is 4.57 Å². The van der Waals surface area contributed by atoms with E-state index in [1.54, 1.807) is 0 Å². The molecule has 0 aliphatic carbocycles. The standard InChI is InChI=1S/C34H17N7.4C5H12/c1-3-11-20-18(9-1)26-17-27-19-10-2-4-12-21(19)29-36-31-23-14-6-8-16-25(23)33-37-32-24-15-7-5-13-22(24)30-35-28(20)38(26)34(39(27)29,40(30)32)41(31)33;4*1-5(2,3)4/h1-17H;4*1-4H3/q+2;;;;/t34-;;;;/m0..../s1. The van der Waals surface area contributed by atoms with Crippen LogP contribution in [0, 0.1) is 21.7 Å². The fourth-order valence-electron chi connectivity index (χ4n) is 8.09. The molecule has 314 valence electrons. The van der Waals surface area contributed by atoms with E-state index in [-0.39, 0.29) is 0 Å². The van der Waals surface area contributed by atoms with Crippen molar-refractivity contribution in [3.63, 3.8) is 0 Å². The monoisotopic (exact) mass is 812 g/mol. The van der Waals surface area contributed by atoms with Crippen molar-refractivity contribution in [1.82, 2.24) is 9.13 Å². The molecule has 0 amide bonds. The molecule has 0 N–H and O–H groups in total. The Labute approximate surface area is 362 Å². The summed E-state index contributed by atoms with van der Waals surface area (Å²) in [6.45, 7) is 35.0. The molecule has 12 rings (SSSR count). The second kappa shape index (κ2) is 14.2. The van der Waals surface area contributed by atoms with Crippen LogP contribution in [0.2, 0.25) is 0 Å². The van der Waals surface area contributed by atoms with Gasteiger partial charge in [0.1, 0.15) is 5.71 Å². The Balaban J connectivity index is 0.000000218. The Morgan fingerprint density at radius 1 is 0.410 bits per heavy atom. The number of rotatable bonds is 0. The number of benzene rings is 4. The number of nitrogens with zero attached hydrogens (tertiary/aromatic N) is 7. The average Bonchev–Trinajstić information content (AvgIpc) is 3.85. The summed E-state index contributed by atoms with van der Waals surface area (Å²) < 4.78 is 9.63. The zero-order valence-electron chi connectivity index (χ0n) is 39.4. The Bertz CT molecular complexity index is 2790. The van der Waals surface area contributed by atoms with Gasteiger partial charge in [0.15, 0.2) is 0 Å². The van der Waals surface area contributed by atoms with Crippen molar-refractivity contribution in [3.05, 3.63) is 130 Å². The predicted octanol–water partition coefficient (Wildman–Crippen LogP) is 12.1. The number of aliphatic imine (C=N–C) groups is 2. The molecular formula is C54H65N7+2. The van der Waals surface area contributed by atoms with Crippen LogP contribution in [-0.4, -0.2) is 41.5 Å². The number of hydrogen-bond donors (Lipinski definition) is 0. The maximum Gasteiger partial charge on any atom is 0.423 e. The summed E-state index contributed by atoms with van der Waals surface area (Å²) in [4.78, 5) is 16.4. The second-order valence-corrected chi connectivity index (χ2v) is 23.3. The van der Waals surface area contributed by atoms with Crippen LogP contribution in [0.4, 0.5) is 11.6 Å². The lowest BCUT2D eigenvalue weighted by Crippen LogP contribution is -2.71. The number of fused-ring (bicyclic) bond motifs is 12. The van der Waals surface area contributed by atoms with E-state index < -0.39 is 5.91 Å². The highest BCUT2D eigenvalue weighted by Crippen LogP contribution is 2.52. The van der Waals surface area contributed by atoms with Gasteiger partial charge in [-0.1, -0.05) is 175 Å². The number of hydrogen-bond acceptors (Lipinski definition) is 3. The van der Waals surface area contributed by atoms with Gasteiger partial charge in [0.25, 0.3) is 17.5 Å². The molecule has 6 aliphatic heterocycles. The van der Waals surface area contributed by atoms with Gasteiger partial charge in [0.05, 0.1) is 27.4 Å². The van der Waals surface area contributed by atoms with Gasteiger partial charge < -0.3 is 0 Å². The highest BCUT2D eigenvalue weighted by atomic mass is 15.7. The van der Waals surface area contributed by atoms with Crippen LogP contribution < -0.4 is 10.8 Å². The van der Waals surface area contributed by atoms with E-state index >= 15 is 0 Å². The summed E-state index contributed by atoms with van der Waals surface area (Å²) >= 11 is 0. The van der Waals surface area contributed by atoms with Crippen molar-refractivity contribution in [2.24, 2.45) is 36.6 Å². The van der Waals surface area contributed by atoms with Gasteiger partial charge in [0.2, 0.25) is 11.3 Å². The van der Waals surface area contributed by atoms with E-state index in [2.05, 4.69) is 232 Å². The largest absolute Gasteiger partial charge is 0.423 e. The third-order valence-corrected chi connectivity index (χ3v) is 9.57. The number of aromatic nitrogens is 2. The van der Waals surface area contributed by atoms with Crippen molar-refractivity contribution in [2.75, 3.05) is 0 Å². The fourth-order valence-corrected chi connectivity index (χ4v) is 8.09. The van der Waals surface area contributed by atoms with Crippen molar-refractivity contribution in [1.29, 1.82) is 0 Å². The first kappa shape index (κ1) is 42.0. The van der Waals surface area contributed by atoms with E-state index in [1.807, 2.05) is 0 Å². The molecule has 7 heteroatoms. The quantitative estimate of drug-likeness (QED) is 0.137. The van der Waals surface area contributed by atoms with Gasteiger partial charge in [-0.3, -0.25) is 0 Å². The molecule has 0 unspecified atom stereocenters. The van der Waals surface area contributed by atoms with Crippen molar-refractivity contribution in [3.8, 4) is 0 Å². The minimum Gasteiger partial charge on any atom is -0.217 e. The van der Waals surface area contributed by atoms with E-state index in [0.717, 1.165) is 78.5 Å². The molecule has 61 heavy (non-hydrogen) atoms. The molecule has 4 aromatic carbocycles. The van der Waals surface area contributed by atoms with Crippen LogP contribution in [0.1, 0.15) is 133 Å². The Morgan fingerprint density at radius 3 is 1.28 bits per heavy atom. The van der Waals surface area contributed by atoms with Gasteiger partial charge in [0, 0.05) is 27.8 Å². The van der Waals surface area contributed by atoms with E-state index in [1.165, 1.54) is 10.9 Å². The van der Waals surface area contributed by atoms with E-state index in [4.69, 9.17) is 15.0 Å². The molecule has 0 saturated carbocycles. The second-order valence-electron chi connectivity index (χ2n) is 23.3. The third-order valence-electron chi connectivity index (χ3n) is 9.57. The molecule has 2 aromatic heterocycles. The molecule has 7 nitrogen and oxygen atoms in total. The van der Waals surface area contributed by atoms with Gasteiger partial charge in [-0.15, -0.1) is 9.15 Å². The van der Waals surface area contributed by atoms with Crippen LogP contribution in [0.5, 0.6) is 0 Å². The van der Waals surface area contributed by atoms with Crippen molar-refractivity contribution in [2.45, 2.75) is 117 Å². The van der Waals surface area contributed by atoms with Gasteiger partial charge in [-0.2, -0.15) is 4.57 Å². The van der Waals surface area contributed by atoms with Gasteiger partial charge in [-0.05, 0) is 69.1 Å². The molecule has 0 saturated heterocycles. The maximum atomic E-state index is 5.46. The molecule has 0 radical (unpaired) electrons. The lowest BCUT2D eigenvalue weighted by molar-refractivity contribution is -0.789. The maximum absolute atomic E-state index is 5.46. The van der Waals surface area contributed by atoms with Crippen LogP contribution in [0.3, 0.4) is 0 Å². The van der Waals surface area contributed by atoms with Crippen LogP contribution in [0.25, 0.3) is 27.6 Å². The molecule has 0 fully saturated rings. The molecule has 6 aliphatic rings. The summed E-state index contributed by atoms with van der Waals surface area (Å²) in [5, 5.41) is 5.70. The van der Waals surface area contributed by atoms with Crippen LogP contribution >= 0.6 is 0 Å². The molecule has 1 spiro atoms. The predicted molar refractivity (Wildman–Crippen MR) is 257 cm³/mol. The molecule has 0 bridgehead atoms. The van der Waals surface area contributed by atoms with Crippen molar-refractivity contribution < 1.29 is 9.15 Å². The summed E-state index contributed by atoms with van der Waals surface area (Å²) in [6.07, 6.45) is 2.33. The first-order chi connectivity index (χ1) is 28.4. The van der Waals surface area contributed by atoms with E-state index in [9.17, 15) is 0 Å². The SMILES string of the molecule is C1=c2c3ccccc3c3n2[C@@]24n5c(c6ccccc6c5N=C5c6ccccc6C(=[N+]52)N=3)N=C2c3ccccc3C1=[N+]24.CC(C)(C)C.CC(C)(C)C.CC(C)(C)C.CC(C)(C)C. The molecule has 6 aromatic rings. The van der Waals surface area contributed by atoms with Crippen LogP contribution in [0.15, 0.2) is 112 Å². The Hall–Kier alpha value is -5.69. The van der Waals surface area contributed by atoms with Gasteiger partial charge >= 0.3 is 11.7 Å². The summed E-state index contributed by atoms with van der Waals surface area (Å²) in [6, 6.07) is 34.4. The van der Waals surface area contributed by atoms with E-state index in [0.29, 0.717) is 21.7 Å². The highest BCUT2D eigenvalue weighted by Gasteiger charge is 2.69. The molecule has 1 atom stereocenters.